The second-order valence-corrected chi connectivity index (χ2v) is 9.82. The SMILES string of the molecule is CSC(C)(C)CNC(C)CC1CCCCN1C(=O)OC(C)(C)C. The van der Waals surface area contributed by atoms with Gasteiger partial charge in [-0.1, -0.05) is 0 Å². The summed E-state index contributed by atoms with van der Waals surface area (Å²) in [6.07, 6.45) is 6.35. The van der Waals surface area contributed by atoms with Crippen LogP contribution in [0, 0.1) is 0 Å². The smallest absolute Gasteiger partial charge is 0.410 e. The van der Waals surface area contributed by atoms with Crippen molar-refractivity contribution < 1.29 is 9.53 Å². The van der Waals surface area contributed by atoms with Crippen molar-refractivity contribution in [2.45, 2.75) is 89.7 Å². The van der Waals surface area contributed by atoms with Crippen LogP contribution in [0.25, 0.3) is 0 Å². The summed E-state index contributed by atoms with van der Waals surface area (Å²) in [7, 11) is 0. The molecule has 1 heterocycles. The van der Waals surface area contributed by atoms with E-state index in [2.05, 4.69) is 32.3 Å². The Hall–Kier alpha value is -0.420. The summed E-state index contributed by atoms with van der Waals surface area (Å²) in [6.45, 7) is 14.3. The zero-order valence-corrected chi connectivity index (χ0v) is 16.9. The van der Waals surface area contributed by atoms with Gasteiger partial charge in [0, 0.05) is 29.9 Å². The summed E-state index contributed by atoms with van der Waals surface area (Å²) in [4.78, 5) is 14.4. The Morgan fingerprint density at radius 2 is 1.96 bits per heavy atom. The van der Waals surface area contributed by atoms with Crippen LogP contribution in [0.5, 0.6) is 0 Å². The molecule has 0 bridgehead atoms. The monoisotopic (exact) mass is 344 g/mol. The van der Waals surface area contributed by atoms with Gasteiger partial charge in [0.05, 0.1) is 0 Å². The molecule has 5 heteroatoms. The van der Waals surface area contributed by atoms with Gasteiger partial charge in [-0.25, -0.2) is 4.79 Å². The number of carbonyl (C=O) groups excluding carboxylic acids is 1. The van der Waals surface area contributed by atoms with E-state index in [1.54, 1.807) is 0 Å². The number of nitrogens with one attached hydrogen (secondary N) is 1. The molecular formula is C18H36N2O2S. The highest BCUT2D eigenvalue weighted by molar-refractivity contribution is 7.99. The second-order valence-electron chi connectivity index (χ2n) is 8.30. The van der Waals surface area contributed by atoms with E-state index < -0.39 is 5.60 Å². The van der Waals surface area contributed by atoms with E-state index in [0.717, 1.165) is 32.4 Å². The number of amides is 1. The molecule has 0 saturated carbocycles. The minimum absolute atomic E-state index is 0.154. The zero-order chi connectivity index (χ0) is 17.7. The maximum atomic E-state index is 12.4. The van der Waals surface area contributed by atoms with Crippen LogP contribution >= 0.6 is 11.8 Å². The van der Waals surface area contributed by atoms with Crippen molar-refractivity contribution in [1.29, 1.82) is 0 Å². The second kappa shape index (κ2) is 8.61. The normalized spacial score (nSPS) is 21.2. The number of ether oxygens (including phenoxy) is 1. The Morgan fingerprint density at radius 1 is 1.30 bits per heavy atom. The van der Waals surface area contributed by atoms with Crippen molar-refractivity contribution >= 4 is 17.9 Å². The summed E-state index contributed by atoms with van der Waals surface area (Å²) in [5.74, 6) is 0. The van der Waals surface area contributed by atoms with E-state index in [0.29, 0.717) is 12.1 Å². The molecule has 0 spiro atoms. The van der Waals surface area contributed by atoms with Gasteiger partial charge in [-0.3, -0.25) is 0 Å². The molecule has 1 aliphatic heterocycles. The van der Waals surface area contributed by atoms with E-state index >= 15 is 0 Å². The van der Waals surface area contributed by atoms with E-state index in [-0.39, 0.29) is 10.8 Å². The van der Waals surface area contributed by atoms with Crippen molar-refractivity contribution in [1.82, 2.24) is 10.2 Å². The van der Waals surface area contributed by atoms with Gasteiger partial charge in [-0.2, -0.15) is 11.8 Å². The molecule has 1 aliphatic rings. The fraction of sp³-hybridized carbons (Fsp3) is 0.944. The minimum atomic E-state index is -0.425. The zero-order valence-electron chi connectivity index (χ0n) is 16.1. The molecule has 136 valence electrons. The molecule has 1 fully saturated rings. The van der Waals surface area contributed by atoms with Crippen molar-refractivity contribution in [2.75, 3.05) is 19.3 Å². The Bertz CT molecular complexity index is 380. The molecular weight excluding hydrogens is 308 g/mol. The van der Waals surface area contributed by atoms with Crippen LogP contribution in [0.3, 0.4) is 0 Å². The lowest BCUT2D eigenvalue weighted by Gasteiger charge is -2.38. The molecule has 0 aliphatic carbocycles. The first-order valence-electron chi connectivity index (χ1n) is 8.82. The van der Waals surface area contributed by atoms with Crippen molar-refractivity contribution in [3.63, 3.8) is 0 Å². The van der Waals surface area contributed by atoms with Crippen LogP contribution in [0.15, 0.2) is 0 Å². The highest BCUT2D eigenvalue weighted by Crippen LogP contribution is 2.24. The molecule has 1 amide bonds. The molecule has 2 unspecified atom stereocenters. The molecule has 1 N–H and O–H groups in total. The van der Waals surface area contributed by atoms with Gasteiger partial charge < -0.3 is 15.0 Å². The Morgan fingerprint density at radius 3 is 2.52 bits per heavy atom. The molecule has 1 saturated heterocycles. The lowest BCUT2D eigenvalue weighted by molar-refractivity contribution is 0.00789. The van der Waals surface area contributed by atoms with Crippen LogP contribution < -0.4 is 5.32 Å². The topological polar surface area (TPSA) is 41.6 Å². The van der Waals surface area contributed by atoms with Crippen LogP contribution in [-0.4, -0.2) is 52.8 Å². The van der Waals surface area contributed by atoms with Crippen LogP contribution in [0.1, 0.15) is 67.2 Å². The molecule has 0 aromatic heterocycles. The number of hydrogen-bond acceptors (Lipinski definition) is 4. The van der Waals surface area contributed by atoms with Gasteiger partial charge in [-0.15, -0.1) is 0 Å². The lowest BCUT2D eigenvalue weighted by Crippen LogP contribution is -2.49. The number of piperidine rings is 1. The fourth-order valence-electron chi connectivity index (χ4n) is 2.79. The quantitative estimate of drug-likeness (QED) is 0.780. The predicted molar refractivity (Wildman–Crippen MR) is 100 cm³/mol. The molecule has 0 aromatic carbocycles. The average molecular weight is 345 g/mol. The Labute approximate surface area is 147 Å². The molecule has 1 rings (SSSR count). The number of nitrogens with zero attached hydrogens (tertiary/aromatic N) is 1. The van der Waals surface area contributed by atoms with Crippen LogP contribution in [0.2, 0.25) is 0 Å². The van der Waals surface area contributed by atoms with E-state index in [1.165, 1.54) is 6.42 Å². The molecule has 0 radical (unpaired) electrons. The summed E-state index contributed by atoms with van der Waals surface area (Å²) >= 11 is 1.88. The maximum absolute atomic E-state index is 12.4. The largest absolute Gasteiger partial charge is 0.444 e. The Balaban J connectivity index is 2.56. The fourth-order valence-corrected chi connectivity index (χ4v) is 3.02. The van der Waals surface area contributed by atoms with Gasteiger partial charge in [0.1, 0.15) is 5.60 Å². The van der Waals surface area contributed by atoms with Crippen molar-refractivity contribution in [3.05, 3.63) is 0 Å². The number of thioether (sulfide) groups is 1. The molecule has 23 heavy (non-hydrogen) atoms. The maximum Gasteiger partial charge on any atom is 0.410 e. The summed E-state index contributed by atoms with van der Waals surface area (Å²) in [6, 6.07) is 0.688. The molecule has 4 nitrogen and oxygen atoms in total. The van der Waals surface area contributed by atoms with Gasteiger partial charge in [0.25, 0.3) is 0 Å². The summed E-state index contributed by atoms with van der Waals surface area (Å²) in [5, 5.41) is 3.63. The first kappa shape index (κ1) is 20.6. The number of hydrogen-bond donors (Lipinski definition) is 1. The van der Waals surface area contributed by atoms with E-state index in [4.69, 9.17) is 4.74 Å². The highest BCUT2D eigenvalue weighted by atomic mass is 32.2. The summed E-state index contributed by atoms with van der Waals surface area (Å²) in [5.41, 5.74) is -0.425. The number of likely N-dealkylation sites (tertiary alicyclic amines) is 1. The van der Waals surface area contributed by atoms with E-state index in [1.807, 2.05) is 37.4 Å². The third-order valence-corrected chi connectivity index (χ3v) is 5.56. The third-order valence-electron chi connectivity index (χ3n) is 4.31. The van der Waals surface area contributed by atoms with Crippen LogP contribution in [0.4, 0.5) is 4.79 Å². The van der Waals surface area contributed by atoms with E-state index in [9.17, 15) is 4.79 Å². The van der Waals surface area contributed by atoms with Crippen molar-refractivity contribution in [2.24, 2.45) is 0 Å². The predicted octanol–water partition coefficient (Wildman–Crippen LogP) is 4.29. The summed E-state index contributed by atoms with van der Waals surface area (Å²) < 4.78 is 5.83. The standard InChI is InChI=1S/C18H36N2O2S/c1-14(19-13-18(5,6)23-7)12-15-10-8-9-11-20(15)16(21)22-17(2,3)4/h14-15,19H,8-13H2,1-7H3. The third kappa shape index (κ3) is 7.79. The van der Waals surface area contributed by atoms with Crippen LogP contribution in [-0.2, 0) is 4.74 Å². The van der Waals surface area contributed by atoms with Gasteiger partial charge >= 0.3 is 6.09 Å². The number of rotatable bonds is 6. The van der Waals surface area contributed by atoms with Gasteiger partial charge in [-0.05, 0) is 73.5 Å². The highest BCUT2D eigenvalue weighted by Gasteiger charge is 2.31. The van der Waals surface area contributed by atoms with Gasteiger partial charge in [0.15, 0.2) is 0 Å². The van der Waals surface area contributed by atoms with Crippen molar-refractivity contribution in [3.8, 4) is 0 Å². The Kier molecular flexibility index (Phi) is 7.72. The average Bonchev–Trinajstić information content (AvgIpc) is 2.44. The molecule has 2 atom stereocenters. The first-order chi connectivity index (χ1) is 10.5. The molecule has 0 aromatic rings. The first-order valence-corrected chi connectivity index (χ1v) is 10.0. The minimum Gasteiger partial charge on any atom is -0.444 e. The lowest BCUT2D eigenvalue weighted by atomic mass is 9.96. The number of carbonyl (C=O) groups is 1. The van der Waals surface area contributed by atoms with Gasteiger partial charge in [0.2, 0.25) is 0 Å².